The van der Waals surface area contributed by atoms with Gasteiger partial charge in [-0.1, -0.05) is 37.1 Å². The summed E-state index contributed by atoms with van der Waals surface area (Å²) in [6.07, 6.45) is 3.32. The number of morpholine rings is 1. The largest absolute Gasteiger partial charge is 0.379 e. The van der Waals surface area contributed by atoms with E-state index in [1.165, 1.54) is 5.56 Å². The van der Waals surface area contributed by atoms with Gasteiger partial charge in [-0.2, -0.15) is 5.26 Å². The molecule has 3 rings (SSSR count). The van der Waals surface area contributed by atoms with Crippen LogP contribution in [-0.4, -0.2) is 37.1 Å². The molecule has 0 bridgehead atoms. The molecule has 1 amide bonds. The lowest BCUT2D eigenvalue weighted by atomic mass is 9.87. The Balaban J connectivity index is 1.51. The molecule has 1 aromatic carbocycles. The number of hydrogen-bond donors (Lipinski definition) is 1. The fourth-order valence-corrected chi connectivity index (χ4v) is 3.50. The number of nitrogens with one attached hydrogen (secondary N) is 1. The Hall–Kier alpha value is -1.90. The normalized spacial score (nSPS) is 20.5. The smallest absolute Gasteiger partial charge is 0.240 e. The standard InChI is InChI=1S/C19H25N3O2/c20-15-19(7-1-2-8-19)18(23)21-13-16-3-5-17(6-4-16)14-22-9-11-24-12-10-22/h3-6H,1-2,7-14H2,(H,21,23). The molecule has 2 aliphatic rings. The van der Waals surface area contributed by atoms with E-state index in [4.69, 9.17) is 4.74 Å². The zero-order chi connectivity index (χ0) is 16.8. The van der Waals surface area contributed by atoms with E-state index in [1.54, 1.807) is 0 Å². The Morgan fingerprint density at radius 1 is 1.17 bits per heavy atom. The second kappa shape index (κ2) is 7.78. The first-order valence-corrected chi connectivity index (χ1v) is 8.79. The number of carbonyl (C=O) groups excluding carboxylic acids is 1. The van der Waals surface area contributed by atoms with Gasteiger partial charge in [0.1, 0.15) is 5.41 Å². The summed E-state index contributed by atoms with van der Waals surface area (Å²) in [6, 6.07) is 10.6. The molecule has 5 heteroatoms. The Kier molecular flexibility index (Phi) is 5.49. The first kappa shape index (κ1) is 16.9. The number of hydrogen-bond acceptors (Lipinski definition) is 4. The lowest BCUT2D eigenvalue weighted by Crippen LogP contribution is -2.37. The first-order valence-electron chi connectivity index (χ1n) is 8.79. The summed E-state index contributed by atoms with van der Waals surface area (Å²) < 4.78 is 5.37. The third-order valence-corrected chi connectivity index (χ3v) is 5.09. The minimum absolute atomic E-state index is 0.111. The van der Waals surface area contributed by atoms with Crippen molar-refractivity contribution < 1.29 is 9.53 Å². The average Bonchev–Trinajstić information content (AvgIpc) is 3.12. The zero-order valence-electron chi connectivity index (χ0n) is 14.1. The molecule has 0 unspecified atom stereocenters. The molecule has 0 atom stereocenters. The fourth-order valence-electron chi connectivity index (χ4n) is 3.50. The van der Waals surface area contributed by atoms with Gasteiger partial charge in [0, 0.05) is 26.2 Å². The number of ether oxygens (including phenoxy) is 1. The molecule has 0 aromatic heterocycles. The predicted molar refractivity (Wildman–Crippen MR) is 90.9 cm³/mol. The maximum atomic E-state index is 12.3. The first-order chi connectivity index (χ1) is 11.7. The van der Waals surface area contributed by atoms with Crippen LogP contribution < -0.4 is 5.32 Å². The average molecular weight is 327 g/mol. The van der Waals surface area contributed by atoms with Crippen LogP contribution >= 0.6 is 0 Å². The highest BCUT2D eigenvalue weighted by Crippen LogP contribution is 2.37. The molecule has 5 nitrogen and oxygen atoms in total. The van der Waals surface area contributed by atoms with Crippen molar-refractivity contribution in [1.82, 2.24) is 10.2 Å². The van der Waals surface area contributed by atoms with Crippen LogP contribution in [0.3, 0.4) is 0 Å². The number of amides is 1. The predicted octanol–water partition coefficient (Wildman–Crippen LogP) is 2.22. The molecule has 1 aliphatic heterocycles. The van der Waals surface area contributed by atoms with Crippen molar-refractivity contribution >= 4 is 5.91 Å². The monoisotopic (exact) mass is 327 g/mol. The molecule has 24 heavy (non-hydrogen) atoms. The minimum atomic E-state index is -0.795. The highest BCUT2D eigenvalue weighted by molar-refractivity contribution is 5.85. The van der Waals surface area contributed by atoms with Crippen molar-refractivity contribution in [3.8, 4) is 6.07 Å². The number of nitrogens with zero attached hydrogens (tertiary/aromatic N) is 2. The van der Waals surface area contributed by atoms with Crippen LogP contribution in [-0.2, 0) is 22.6 Å². The highest BCUT2D eigenvalue weighted by atomic mass is 16.5. The van der Waals surface area contributed by atoms with Crippen molar-refractivity contribution in [1.29, 1.82) is 5.26 Å². The topological polar surface area (TPSA) is 65.4 Å². The molecule has 1 heterocycles. The van der Waals surface area contributed by atoms with Crippen LogP contribution in [0.15, 0.2) is 24.3 Å². The lowest BCUT2D eigenvalue weighted by Gasteiger charge is -2.26. The van der Waals surface area contributed by atoms with Crippen molar-refractivity contribution in [2.75, 3.05) is 26.3 Å². The summed E-state index contributed by atoms with van der Waals surface area (Å²) in [4.78, 5) is 14.7. The van der Waals surface area contributed by atoms with Crippen LogP contribution in [0.25, 0.3) is 0 Å². The summed E-state index contributed by atoms with van der Waals surface area (Å²) >= 11 is 0. The molecule has 1 aliphatic carbocycles. The summed E-state index contributed by atoms with van der Waals surface area (Å²) in [5.74, 6) is -0.111. The van der Waals surface area contributed by atoms with Crippen LogP contribution in [0.5, 0.6) is 0 Å². The van der Waals surface area contributed by atoms with Gasteiger partial charge < -0.3 is 10.1 Å². The van der Waals surface area contributed by atoms with Crippen molar-refractivity contribution in [3.63, 3.8) is 0 Å². The maximum absolute atomic E-state index is 12.3. The Labute approximate surface area is 143 Å². The quantitative estimate of drug-likeness (QED) is 0.900. The molecule has 2 fully saturated rings. The fraction of sp³-hybridized carbons (Fsp3) is 0.579. The summed E-state index contributed by atoms with van der Waals surface area (Å²) in [6.45, 7) is 5.01. The van der Waals surface area contributed by atoms with Crippen LogP contribution in [0.1, 0.15) is 36.8 Å². The summed E-state index contributed by atoms with van der Waals surface area (Å²) in [7, 11) is 0. The third-order valence-electron chi connectivity index (χ3n) is 5.09. The van der Waals surface area contributed by atoms with Gasteiger partial charge in [-0.25, -0.2) is 0 Å². The molecule has 128 valence electrons. The van der Waals surface area contributed by atoms with Crippen molar-refractivity contribution in [3.05, 3.63) is 35.4 Å². The van der Waals surface area contributed by atoms with Gasteiger partial charge in [-0.05, 0) is 24.0 Å². The van der Waals surface area contributed by atoms with E-state index < -0.39 is 5.41 Å². The van der Waals surface area contributed by atoms with Gasteiger partial charge in [0.2, 0.25) is 5.91 Å². The van der Waals surface area contributed by atoms with Gasteiger partial charge in [0.15, 0.2) is 0 Å². The Bertz CT molecular complexity index is 594. The van der Waals surface area contributed by atoms with Crippen LogP contribution in [0, 0.1) is 16.7 Å². The van der Waals surface area contributed by atoms with E-state index >= 15 is 0 Å². The second-order valence-corrected chi connectivity index (χ2v) is 6.79. The van der Waals surface area contributed by atoms with E-state index in [0.717, 1.165) is 51.3 Å². The maximum Gasteiger partial charge on any atom is 0.240 e. The van der Waals surface area contributed by atoms with Gasteiger partial charge >= 0.3 is 0 Å². The van der Waals surface area contributed by atoms with Crippen molar-refractivity contribution in [2.24, 2.45) is 5.41 Å². The van der Waals surface area contributed by atoms with Gasteiger partial charge in [-0.15, -0.1) is 0 Å². The third kappa shape index (κ3) is 3.95. The molecule has 1 aromatic rings. The van der Waals surface area contributed by atoms with Gasteiger partial charge in [0.05, 0.1) is 19.3 Å². The summed E-state index contributed by atoms with van der Waals surface area (Å²) in [5, 5.41) is 12.3. The number of carbonyl (C=O) groups is 1. The Morgan fingerprint density at radius 2 is 1.79 bits per heavy atom. The lowest BCUT2D eigenvalue weighted by molar-refractivity contribution is -0.128. The molecule has 1 saturated carbocycles. The molecule has 0 spiro atoms. The second-order valence-electron chi connectivity index (χ2n) is 6.79. The minimum Gasteiger partial charge on any atom is -0.379 e. The highest BCUT2D eigenvalue weighted by Gasteiger charge is 2.41. The van der Waals surface area contributed by atoms with E-state index in [1.807, 2.05) is 0 Å². The number of rotatable bonds is 5. The summed E-state index contributed by atoms with van der Waals surface area (Å²) in [5.41, 5.74) is 1.55. The van der Waals surface area contributed by atoms with Gasteiger partial charge in [-0.3, -0.25) is 9.69 Å². The van der Waals surface area contributed by atoms with Crippen LogP contribution in [0.4, 0.5) is 0 Å². The molecule has 1 N–H and O–H groups in total. The number of benzene rings is 1. The molecule has 1 saturated heterocycles. The van der Waals surface area contributed by atoms with E-state index in [0.29, 0.717) is 19.4 Å². The van der Waals surface area contributed by atoms with Crippen LogP contribution in [0.2, 0.25) is 0 Å². The Morgan fingerprint density at radius 3 is 2.42 bits per heavy atom. The molecule has 0 radical (unpaired) electrons. The SMILES string of the molecule is N#CC1(C(=O)NCc2ccc(CN3CCOCC3)cc2)CCCC1. The van der Waals surface area contributed by atoms with E-state index in [2.05, 4.69) is 40.6 Å². The van der Waals surface area contributed by atoms with Crippen molar-refractivity contribution in [2.45, 2.75) is 38.8 Å². The number of nitriles is 1. The molecular weight excluding hydrogens is 302 g/mol. The van der Waals surface area contributed by atoms with Gasteiger partial charge in [0.25, 0.3) is 0 Å². The van der Waals surface area contributed by atoms with E-state index in [-0.39, 0.29) is 5.91 Å². The zero-order valence-corrected chi connectivity index (χ0v) is 14.1. The van der Waals surface area contributed by atoms with E-state index in [9.17, 15) is 10.1 Å². The molecular formula is C19H25N3O2.